The average molecular weight is 508 g/mol. The largest absolute Gasteiger partial charge is 0.480 e. The third-order valence-electron chi connectivity index (χ3n) is 5.41. The minimum absolute atomic E-state index is 0.0874. The number of benzene rings is 1. The summed E-state index contributed by atoms with van der Waals surface area (Å²) in [6.07, 6.45) is 2.23. The van der Waals surface area contributed by atoms with Crippen LogP contribution < -0.4 is 21.7 Å². The number of carboxylic acid groups (broad SMARTS) is 1. The quantitative estimate of drug-likeness (QED) is 0.169. The highest BCUT2D eigenvalue weighted by atomic mass is 32.1. The SMILES string of the molecule is CC(C)CC(N)C(=O)NC(Cc1c[nH]c2ccccc12)C(=O)NC(CO)C(=O)NC(CS)C(=O)O. The summed E-state index contributed by atoms with van der Waals surface area (Å²) in [7, 11) is 0. The number of aromatic amines is 1. The number of thiol groups is 1. The molecule has 4 unspecified atom stereocenters. The summed E-state index contributed by atoms with van der Waals surface area (Å²) < 4.78 is 0. The summed E-state index contributed by atoms with van der Waals surface area (Å²) in [5.74, 6) is -3.47. The van der Waals surface area contributed by atoms with Gasteiger partial charge in [0.25, 0.3) is 0 Å². The van der Waals surface area contributed by atoms with Crippen molar-refractivity contribution in [3.63, 3.8) is 0 Å². The third-order valence-corrected chi connectivity index (χ3v) is 5.77. The van der Waals surface area contributed by atoms with Gasteiger partial charge in [-0.2, -0.15) is 12.6 Å². The molecule has 0 spiro atoms. The maximum Gasteiger partial charge on any atom is 0.327 e. The van der Waals surface area contributed by atoms with Crippen LogP contribution in [0.3, 0.4) is 0 Å². The zero-order chi connectivity index (χ0) is 26.1. The van der Waals surface area contributed by atoms with Gasteiger partial charge in [0.15, 0.2) is 0 Å². The summed E-state index contributed by atoms with van der Waals surface area (Å²) in [5, 5.41) is 26.9. The smallest absolute Gasteiger partial charge is 0.327 e. The Morgan fingerprint density at radius 3 is 2.20 bits per heavy atom. The fourth-order valence-electron chi connectivity index (χ4n) is 3.55. The normalized spacial score (nSPS) is 14.7. The fourth-order valence-corrected chi connectivity index (χ4v) is 3.80. The Morgan fingerprint density at radius 1 is 1.00 bits per heavy atom. The topological polar surface area (TPSA) is 187 Å². The average Bonchev–Trinajstić information content (AvgIpc) is 3.22. The maximum atomic E-state index is 13.1. The molecule has 1 heterocycles. The first-order valence-corrected chi connectivity index (χ1v) is 11.9. The third kappa shape index (κ3) is 7.98. The molecule has 0 saturated carbocycles. The predicted molar refractivity (Wildman–Crippen MR) is 134 cm³/mol. The zero-order valence-electron chi connectivity index (χ0n) is 19.7. The number of para-hydroxylation sites is 1. The maximum absolute atomic E-state index is 13.1. The Bertz CT molecular complexity index is 1040. The summed E-state index contributed by atoms with van der Waals surface area (Å²) in [4.78, 5) is 52.6. The van der Waals surface area contributed by atoms with Gasteiger partial charge in [0.05, 0.1) is 12.6 Å². The molecule has 0 aliphatic heterocycles. The van der Waals surface area contributed by atoms with Gasteiger partial charge in [0.1, 0.15) is 18.1 Å². The van der Waals surface area contributed by atoms with Crippen molar-refractivity contribution in [2.75, 3.05) is 12.4 Å². The van der Waals surface area contributed by atoms with E-state index in [0.29, 0.717) is 6.42 Å². The van der Waals surface area contributed by atoms with Gasteiger partial charge in [0.2, 0.25) is 17.7 Å². The van der Waals surface area contributed by atoms with Gasteiger partial charge in [-0.05, 0) is 24.0 Å². The number of fused-ring (bicyclic) bond motifs is 1. The number of nitrogens with one attached hydrogen (secondary N) is 4. The monoisotopic (exact) mass is 507 g/mol. The van der Waals surface area contributed by atoms with Crippen LogP contribution in [-0.2, 0) is 25.6 Å². The van der Waals surface area contributed by atoms with Crippen molar-refractivity contribution in [3.05, 3.63) is 36.0 Å². The van der Waals surface area contributed by atoms with Crippen molar-refractivity contribution in [1.29, 1.82) is 0 Å². The van der Waals surface area contributed by atoms with Crippen LogP contribution in [0, 0.1) is 5.92 Å². The van der Waals surface area contributed by atoms with Crippen molar-refractivity contribution < 1.29 is 29.4 Å². The number of H-pyrrole nitrogens is 1. The lowest BCUT2D eigenvalue weighted by molar-refractivity contribution is -0.142. The van der Waals surface area contributed by atoms with E-state index in [0.717, 1.165) is 16.5 Å². The lowest BCUT2D eigenvalue weighted by Crippen LogP contribution is -2.58. The highest BCUT2D eigenvalue weighted by molar-refractivity contribution is 7.80. The molecule has 8 N–H and O–H groups in total. The lowest BCUT2D eigenvalue weighted by atomic mass is 10.0. The van der Waals surface area contributed by atoms with E-state index >= 15 is 0 Å². The Balaban J connectivity index is 2.23. The number of nitrogens with two attached hydrogens (primary N) is 1. The van der Waals surface area contributed by atoms with Crippen molar-refractivity contribution in [2.24, 2.45) is 11.7 Å². The number of aliphatic hydroxyl groups excluding tert-OH is 1. The zero-order valence-corrected chi connectivity index (χ0v) is 20.5. The van der Waals surface area contributed by atoms with E-state index in [9.17, 15) is 24.3 Å². The number of carbonyl (C=O) groups is 4. The molecule has 2 aromatic rings. The first-order chi connectivity index (χ1) is 16.6. The molecule has 0 aliphatic rings. The molecular formula is C23H33N5O6S. The van der Waals surface area contributed by atoms with Crippen LogP contribution in [0.1, 0.15) is 25.8 Å². The van der Waals surface area contributed by atoms with Gasteiger partial charge < -0.3 is 36.9 Å². The van der Waals surface area contributed by atoms with Gasteiger partial charge in [-0.15, -0.1) is 0 Å². The number of aromatic nitrogens is 1. The lowest BCUT2D eigenvalue weighted by Gasteiger charge is -2.24. The predicted octanol–water partition coefficient (Wildman–Crippen LogP) is -0.455. The van der Waals surface area contributed by atoms with Crippen molar-refractivity contribution >= 4 is 47.2 Å². The second-order valence-electron chi connectivity index (χ2n) is 8.69. The Kier molecular flexibility index (Phi) is 10.6. The highest BCUT2D eigenvalue weighted by Crippen LogP contribution is 2.19. The van der Waals surface area contributed by atoms with Crippen LogP contribution in [0.15, 0.2) is 30.5 Å². The minimum atomic E-state index is -1.43. The van der Waals surface area contributed by atoms with E-state index in [4.69, 9.17) is 10.8 Å². The Labute approximate surface area is 208 Å². The molecule has 0 fully saturated rings. The number of rotatable bonds is 13. The Morgan fingerprint density at radius 2 is 1.60 bits per heavy atom. The molecular weight excluding hydrogens is 474 g/mol. The van der Waals surface area contributed by atoms with Gasteiger partial charge in [0, 0.05) is 29.3 Å². The number of aliphatic hydroxyl groups is 1. The molecule has 0 radical (unpaired) electrons. The molecule has 1 aromatic heterocycles. The number of carboxylic acids is 1. The van der Waals surface area contributed by atoms with Crippen LogP contribution >= 0.6 is 12.6 Å². The number of hydrogen-bond acceptors (Lipinski definition) is 7. The van der Waals surface area contributed by atoms with Crippen molar-refractivity contribution in [3.8, 4) is 0 Å². The van der Waals surface area contributed by atoms with Gasteiger partial charge in [-0.25, -0.2) is 4.79 Å². The molecule has 2 rings (SSSR count). The fraction of sp³-hybridized carbons (Fsp3) is 0.478. The molecule has 12 heteroatoms. The van der Waals surface area contributed by atoms with E-state index in [1.54, 1.807) is 6.20 Å². The van der Waals surface area contributed by atoms with E-state index < -0.39 is 54.5 Å². The van der Waals surface area contributed by atoms with Gasteiger partial charge in [-0.1, -0.05) is 32.0 Å². The summed E-state index contributed by atoms with van der Waals surface area (Å²) in [5.41, 5.74) is 7.59. The van der Waals surface area contributed by atoms with Crippen LogP contribution in [0.2, 0.25) is 0 Å². The summed E-state index contributed by atoms with van der Waals surface area (Å²) in [6.45, 7) is 3.06. The van der Waals surface area contributed by atoms with E-state index in [2.05, 4.69) is 33.6 Å². The molecule has 1 aromatic carbocycles. The summed E-state index contributed by atoms with van der Waals surface area (Å²) >= 11 is 3.88. The van der Waals surface area contributed by atoms with Crippen LogP contribution in [0.5, 0.6) is 0 Å². The molecule has 3 amide bonds. The second-order valence-corrected chi connectivity index (χ2v) is 9.05. The van der Waals surface area contributed by atoms with Crippen LogP contribution in [-0.4, -0.2) is 75.4 Å². The number of aliphatic carboxylic acids is 1. The number of carbonyl (C=O) groups excluding carboxylic acids is 3. The highest BCUT2D eigenvalue weighted by Gasteiger charge is 2.30. The Hall–Kier alpha value is -3.09. The van der Waals surface area contributed by atoms with Gasteiger partial charge >= 0.3 is 5.97 Å². The van der Waals surface area contributed by atoms with Crippen LogP contribution in [0.25, 0.3) is 10.9 Å². The molecule has 192 valence electrons. The number of amides is 3. The molecule has 35 heavy (non-hydrogen) atoms. The van der Waals surface area contributed by atoms with Crippen LogP contribution in [0.4, 0.5) is 0 Å². The van der Waals surface area contributed by atoms with E-state index in [-0.39, 0.29) is 18.1 Å². The minimum Gasteiger partial charge on any atom is -0.480 e. The van der Waals surface area contributed by atoms with Crippen molar-refractivity contribution in [1.82, 2.24) is 20.9 Å². The summed E-state index contributed by atoms with van der Waals surface area (Å²) in [6, 6.07) is 2.77. The van der Waals surface area contributed by atoms with E-state index in [1.165, 1.54) is 0 Å². The molecule has 11 nitrogen and oxygen atoms in total. The molecule has 4 atom stereocenters. The molecule has 0 aliphatic carbocycles. The molecule has 0 saturated heterocycles. The second kappa shape index (κ2) is 13.1. The molecule has 0 bridgehead atoms. The first-order valence-electron chi connectivity index (χ1n) is 11.2. The number of hydrogen-bond donors (Lipinski definition) is 8. The van der Waals surface area contributed by atoms with Gasteiger partial charge in [-0.3, -0.25) is 14.4 Å². The van der Waals surface area contributed by atoms with Crippen molar-refractivity contribution in [2.45, 2.75) is 50.9 Å². The first kappa shape index (κ1) is 28.1. The van der Waals surface area contributed by atoms with E-state index in [1.807, 2.05) is 38.1 Å². The standard InChI is InChI=1S/C23H33N5O6S/c1-12(2)7-15(24)20(30)26-17(8-13-9-25-16-6-4-3-5-14(13)16)21(31)27-18(10-29)22(32)28-19(11-35)23(33)34/h3-6,9,12,15,17-19,25,29,35H,7-8,10-11,24H2,1-2H3,(H,26,30)(H,27,31)(H,28,32)(H,33,34).